The molecule has 0 radical (unpaired) electrons. The molecule has 1 atom stereocenters. The molecule has 0 spiro atoms. The molecular formula is C18H25FN2O3. The molecule has 1 fully saturated rings. The Bertz CT molecular complexity index is 574. The maximum absolute atomic E-state index is 13.1. The zero-order valence-electron chi connectivity index (χ0n) is 14.5. The second kappa shape index (κ2) is 8.24. The third-order valence-corrected chi connectivity index (χ3v) is 4.42. The van der Waals surface area contributed by atoms with E-state index in [9.17, 15) is 14.0 Å². The van der Waals surface area contributed by atoms with Gasteiger partial charge < -0.3 is 9.64 Å². The second-order valence-electron chi connectivity index (χ2n) is 6.52. The van der Waals surface area contributed by atoms with E-state index in [4.69, 9.17) is 4.74 Å². The summed E-state index contributed by atoms with van der Waals surface area (Å²) in [5.41, 5.74) is 0.900. The number of esters is 1. The number of halogens is 1. The molecule has 1 aliphatic rings. The summed E-state index contributed by atoms with van der Waals surface area (Å²) in [6.45, 7) is 5.94. The molecule has 0 unspecified atom stereocenters. The van der Waals surface area contributed by atoms with Crippen molar-refractivity contribution in [2.75, 3.05) is 26.7 Å². The SMILES string of the molecule is COC(=O)CN1CCC(=O)N(Cc2ccc(F)cc2)[C@H](C(C)C)C1. The lowest BCUT2D eigenvalue weighted by atomic mass is 10.0. The second-order valence-corrected chi connectivity index (χ2v) is 6.52. The highest BCUT2D eigenvalue weighted by Gasteiger charge is 2.32. The van der Waals surface area contributed by atoms with Gasteiger partial charge in [0.15, 0.2) is 0 Å². The van der Waals surface area contributed by atoms with Gasteiger partial charge in [-0.25, -0.2) is 4.39 Å². The van der Waals surface area contributed by atoms with Crippen LogP contribution in [-0.2, 0) is 20.9 Å². The Labute approximate surface area is 142 Å². The van der Waals surface area contributed by atoms with Crippen LogP contribution in [0.3, 0.4) is 0 Å². The van der Waals surface area contributed by atoms with Crippen LogP contribution in [0.5, 0.6) is 0 Å². The van der Waals surface area contributed by atoms with E-state index in [1.54, 1.807) is 12.1 Å². The molecule has 0 aromatic heterocycles. The highest BCUT2D eigenvalue weighted by atomic mass is 19.1. The van der Waals surface area contributed by atoms with Crippen molar-refractivity contribution in [1.29, 1.82) is 0 Å². The van der Waals surface area contributed by atoms with Crippen molar-refractivity contribution in [1.82, 2.24) is 9.80 Å². The summed E-state index contributed by atoms with van der Waals surface area (Å²) in [5, 5.41) is 0. The minimum atomic E-state index is -0.295. The fourth-order valence-corrected chi connectivity index (χ4v) is 2.99. The topological polar surface area (TPSA) is 49.9 Å². The lowest BCUT2D eigenvalue weighted by Crippen LogP contribution is -2.46. The van der Waals surface area contributed by atoms with E-state index in [0.29, 0.717) is 26.1 Å². The van der Waals surface area contributed by atoms with Gasteiger partial charge in [-0.15, -0.1) is 0 Å². The average molecular weight is 336 g/mol. The third kappa shape index (κ3) is 4.77. The third-order valence-electron chi connectivity index (χ3n) is 4.42. The molecule has 2 rings (SSSR count). The van der Waals surface area contributed by atoms with Crippen molar-refractivity contribution in [2.24, 2.45) is 5.92 Å². The molecule has 5 nitrogen and oxygen atoms in total. The summed E-state index contributed by atoms with van der Waals surface area (Å²) in [6, 6.07) is 6.22. The van der Waals surface area contributed by atoms with Gasteiger partial charge >= 0.3 is 5.97 Å². The van der Waals surface area contributed by atoms with Crippen molar-refractivity contribution in [3.63, 3.8) is 0 Å². The molecule has 0 bridgehead atoms. The van der Waals surface area contributed by atoms with Gasteiger partial charge in [-0.05, 0) is 23.6 Å². The van der Waals surface area contributed by atoms with Gasteiger partial charge in [0.1, 0.15) is 5.82 Å². The summed E-state index contributed by atoms with van der Waals surface area (Å²) < 4.78 is 17.8. The summed E-state index contributed by atoms with van der Waals surface area (Å²) in [5.74, 6) is -0.277. The smallest absolute Gasteiger partial charge is 0.319 e. The van der Waals surface area contributed by atoms with Crippen molar-refractivity contribution in [3.05, 3.63) is 35.6 Å². The molecule has 0 N–H and O–H groups in total. The van der Waals surface area contributed by atoms with Crippen LogP contribution in [0.15, 0.2) is 24.3 Å². The lowest BCUT2D eigenvalue weighted by Gasteiger charge is -2.34. The van der Waals surface area contributed by atoms with Gasteiger partial charge in [0.25, 0.3) is 0 Å². The largest absolute Gasteiger partial charge is 0.468 e. The van der Waals surface area contributed by atoms with Crippen LogP contribution in [0.1, 0.15) is 25.8 Å². The van der Waals surface area contributed by atoms with E-state index in [0.717, 1.165) is 5.56 Å². The van der Waals surface area contributed by atoms with E-state index in [2.05, 4.69) is 13.8 Å². The minimum absolute atomic E-state index is 0.00490. The van der Waals surface area contributed by atoms with Gasteiger partial charge in [-0.3, -0.25) is 14.5 Å². The van der Waals surface area contributed by atoms with Crippen LogP contribution < -0.4 is 0 Å². The van der Waals surface area contributed by atoms with Crippen LogP contribution in [0, 0.1) is 11.7 Å². The summed E-state index contributed by atoms with van der Waals surface area (Å²) >= 11 is 0. The van der Waals surface area contributed by atoms with Gasteiger partial charge in [-0.2, -0.15) is 0 Å². The Kier molecular flexibility index (Phi) is 6.31. The maximum Gasteiger partial charge on any atom is 0.319 e. The van der Waals surface area contributed by atoms with E-state index >= 15 is 0 Å². The van der Waals surface area contributed by atoms with Crippen LogP contribution in [0.25, 0.3) is 0 Å². The lowest BCUT2D eigenvalue weighted by molar-refractivity contribution is -0.142. The molecule has 0 aliphatic carbocycles. The van der Waals surface area contributed by atoms with Crippen molar-refractivity contribution >= 4 is 11.9 Å². The standard InChI is InChI=1S/C18H25FN2O3/c1-13(2)16-11-20(12-18(23)24-3)9-8-17(22)21(16)10-14-4-6-15(19)7-5-14/h4-7,13,16H,8-12H2,1-3H3/t16-/m0/s1. The van der Waals surface area contributed by atoms with Gasteiger partial charge in [0.05, 0.1) is 13.7 Å². The molecule has 132 valence electrons. The van der Waals surface area contributed by atoms with Crippen molar-refractivity contribution in [3.8, 4) is 0 Å². The molecule has 1 aromatic rings. The van der Waals surface area contributed by atoms with E-state index in [-0.39, 0.29) is 36.2 Å². The first kappa shape index (κ1) is 18.4. The Morgan fingerprint density at radius 3 is 2.58 bits per heavy atom. The Morgan fingerprint density at radius 1 is 1.33 bits per heavy atom. The number of ether oxygens (including phenoxy) is 1. The normalized spacial score (nSPS) is 19.5. The number of hydrogen-bond donors (Lipinski definition) is 0. The molecule has 1 aliphatic heterocycles. The van der Waals surface area contributed by atoms with Gasteiger partial charge in [-0.1, -0.05) is 26.0 Å². The zero-order chi connectivity index (χ0) is 17.7. The molecule has 1 amide bonds. The molecular weight excluding hydrogens is 311 g/mol. The average Bonchev–Trinajstić information content (AvgIpc) is 2.70. The predicted octanol–water partition coefficient (Wildman–Crippen LogP) is 2.06. The minimum Gasteiger partial charge on any atom is -0.468 e. The van der Waals surface area contributed by atoms with Crippen LogP contribution in [0.2, 0.25) is 0 Å². The fourth-order valence-electron chi connectivity index (χ4n) is 2.99. The first-order chi connectivity index (χ1) is 11.4. The van der Waals surface area contributed by atoms with Crippen LogP contribution >= 0.6 is 0 Å². The number of amides is 1. The van der Waals surface area contributed by atoms with Crippen LogP contribution in [0.4, 0.5) is 4.39 Å². The number of carbonyl (C=O) groups is 2. The fraction of sp³-hybridized carbons (Fsp3) is 0.556. The first-order valence-electron chi connectivity index (χ1n) is 8.23. The summed E-state index contributed by atoms with van der Waals surface area (Å²) in [6.07, 6.45) is 0.363. The first-order valence-corrected chi connectivity index (χ1v) is 8.23. The molecule has 1 heterocycles. The maximum atomic E-state index is 13.1. The van der Waals surface area contributed by atoms with Crippen molar-refractivity contribution in [2.45, 2.75) is 32.9 Å². The number of hydrogen-bond acceptors (Lipinski definition) is 4. The van der Waals surface area contributed by atoms with Crippen molar-refractivity contribution < 1.29 is 18.7 Å². The molecule has 1 saturated heterocycles. The predicted molar refractivity (Wildman–Crippen MR) is 88.6 cm³/mol. The van der Waals surface area contributed by atoms with Crippen LogP contribution in [-0.4, -0.2) is 54.5 Å². The number of carbonyl (C=O) groups excluding carboxylic acids is 2. The Hall–Kier alpha value is -1.95. The summed E-state index contributed by atoms with van der Waals surface area (Å²) in [4.78, 5) is 28.0. The molecule has 24 heavy (non-hydrogen) atoms. The molecule has 0 saturated carbocycles. The number of rotatable bonds is 5. The van der Waals surface area contributed by atoms with E-state index < -0.39 is 0 Å². The quantitative estimate of drug-likeness (QED) is 0.773. The Morgan fingerprint density at radius 2 is 2.00 bits per heavy atom. The highest BCUT2D eigenvalue weighted by molar-refractivity contribution is 5.77. The number of benzene rings is 1. The molecule has 6 heteroatoms. The highest BCUT2D eigenvalue weighted by Crippen LogP contribution is 2.21. The summed E-state index contributed by atoms with van der Waals surface area (Å²) in [7, 11) is 1.37. The van der Waals surface area contributed by atoms with Gasteiger partial charge in [0.2, 0.25) is 5.91 Å². The van der Waals surface area contributed by atoms with Gasteiger partial charge in [0, 0.05) is 32.1 Å². The number of nitrogens with zero attached hydrogens (tertiary/aromatic N) is 2. The Balaban J connectivity index is 2.16. The van der Waals surface area contributed by atoms with E-state index in [1.165, 1.54) is 19.2 Å². The van der Waals surface area contributed by atoms with E-state index in [1.807, 2.05) is 9.80 Å². The molecule has 1 aromatic carbocycles. The zero-order valence-corrected chi connectivity index (χ0v) is 14.5. The monoisotopic (exact) mass is 336 g/mol. The number of methoxy groups -OCH3 is 1.